The van der Waals surface area contributed by atoms with E-state index in [9.17, 15) is 0 Å². The zero-order valence-electron chi connectivity index (χ0n) is 9.76. The van der Waals surface area contributed by atoms with Gasteiger partial charge in [-0.1, -0.05) is 19.3 Å². The Hall–Kier alpha value is -0.0800. The Morgan fingerprint density at radius 2 is 1.57 bits per heavy atom. The molecule has 0 unspecified atom stereocenters. The summed E-state index contributed by atoms with van der Waals surface area (Å²) in [5, 5.41) is 4.82. The highest BCUT2D eigenvalue weighted by molar-refractivity contribution is 4.88. The average Bonchev–Trinajstić information content (AvgIpc) is 2.19. The highest BCUT2D eigenvalue weighted by atomic mass is 15.6. The summed E-state index contributed by atoms with van der Waals surface area (Å²) in [4.78, 5) is 0. The Kier molecular flexibility index (Phi) is 3.13. The Morgan fingerprint density at radius 1 is 0.929 bits per heavy atom. The molecule has 0 aromatic carbocycles. The molecule has 0 N–H and O–H groups in total. The highest BCUT2D eigenvalue weighted by Crippen LogP contribution is 2.43. The summed E-state index contributed by atoms with van der Waals surface area (Å²) in [7, 11) is 4.36. The molecule has 0 bridgehead atoms. The number of hydrogen-bond acceptors (Lipinski definition) is 2. The van der Waals surface area contributed by atoms with Crippen LogP contribution in [-0.2, 0) is 0 Å². The van der Waals surface area contributed by atoms with Crippen molar-refractivity contribution in [1.29, 1.82) is 0 Å². The fraction of sp³-hybridized carbons (Fsp3) is 1.00. The van der Waals surface area contributed by atoms with Crippen molar-refractivity contribution >= 4 is 0 Å². The van der Waals surface area contributed by atoms with Gasteiger partial charge in [0.2, 0.25) is 0 Å². The molecule has 0 amide bonds. The van der Waals surface area contributed by atoms with Crippen molar-refractivity contribution in [2.45, 2.75) is 44.9 Å². The lowest BCUT2D eigenvalue weighted by Gasteiger charge is -2.47. The number of hydrogen-bond donors (Lipinski definition) is 0. The highest BCUT2D eigenvalue weighted by Gasteiger charge is 2.36. The van der Waals surface area contributed by atoms with Crippen molar-refractivity contribution in [1.82, 2.24) is 10.0 Å². The van der Waals surface area contributed by atoms with E-state index in [0.29, 0.717) is 5.41 Å². The molecule has 2 aliphatic rings. The van der Waals surface area contributed by atoms with Crippen LogP contribution < -0.4 is 0 Å². The summed E-state index contributed by atoms with van der Waals surface area (Å²) < 4.78 is 0. The number of hydrazine groups is 1. The van der Waals surface area contributed by atoms with Crippen molar-refractivity contribution < 1.29 is 0 Å². The summed E-state index contributed by atoms with van der Waals surface area (Å²) in [6.07, 6.45) is 10.3. The third kappa shape index (κ3) is 2.12. The van der Waals surface area contributed by atoms with E-state index < -0.39 is 0 Å². The van der Waals surface area contributed by atoms with Crippen LogP contribution >= 0.6 is 0 Å². The van der Waals surface area contributed by atoms with E-state index in [1.807, 2.05) is 0 Å². The third-order valence-electron chi connectivity index (χ3n) is 4.12. The molecule has 1 saturated heterocycles. The molecule has 2 fully saturated rings. The van der Waals surface area contributed by atoms with Gasteiger partial charge in [0, 0.05) is 27.2 Å². The first-order valence-electron chi connectivity index (χ1n) is 6.14. The van der Waals surface area contributed by atoms with Crippen LogP contribution in [0.25, 0.3) is 0 Å². The van der Waals surface area contributed by atoms with Crippen LogP contribution in [0, 0.1) is 5.41 Å². The molecule has 2 rings (SSSR count). The lowest BCUT2D eigenvalue weighted by Crippen LogP contribution is -2.49. The van der Waals surface area contributed by atoms with Crippen molar-refractivity contribution in [3.8, 4) is 0 Å². The first-order valence-corrected chi connectivity index (χ1v) is 6.14. The fourth-order valence-corrected chi connectivity index (χ4v) is 3.23. The lowest BCUT2D eigenvalue weighted by atomic mass is 9.69. The molecule has 0 atom stereocenters. The molecule has 2 nitrogen and oxygen atoms in total. The smallest absolute Gasteiger partial charge is 0.0189 e. The second-order valence-corrected chi connectivity index (χ2v) is 5.40. The van der Waals surface area contributed by atoms with Gasteiger partial charge >= 0.3 is 0 Å². The van der Waals surface area contributed by atoms with Gasteiger partial charge in [0.05, 0.1) is 0 Å². The van der Waals surface area contributed by atoms with Gasteiger partial charge in [0.15, 0.2) is 0 Å². The average molecular weight is 196 g/mol. The lowest BCUT2D eigenvalue weighted by molar-refractivity contribution is -0.0598. The molecule has 1 spiro atoms. The van der Waals surface area contributed by atoms with Crippen molar-refractivity contribution in [3.63, 3.8) is 0 Å². The largest absolute Gasteiger partial charge is 0.248 e. The quantitative estimate of drug-likeness (QED) is 0.636. The van der Waals surface area contributed by atoms with Crippen LogP contribution in [0.4, 0.5) is 0 Å². The van der Waals surface area contributed by atoms with Gasteiger partial charge < -0.3 is 0 Å². The molecule has 2 heteroatoms. The van der Waals surface area contributed by atoms with Crippen LogP contribution in [0.15, 0.2) is 0 Å². The van der Waals surface area contributed by atoms with E-state index in [1.54, 1.807) is 0 Å². The maximum absolute atomic E-state index is 2.54. The van der Waals surface area contributed by atoms with Crippen molar-refractivity contribution in [2.75, 3.05) is 27.2 Å². The zero-order valence-corrected chi connectivity index (χ0v) is 9.76. The third-order valence-corrected chi connectivity index (χ3v) is 4.12. The van der Waals surface area contributed by atoms with E-state index in [1.165, 1.54) is 58.0 Å². The van der Waals surface area contributed by atoms with Gasteiger partial charge in [-0.15, -0.1) is 0 Å². The van der Waals surface area contributed by atoms with Gasteiger partial charge in [-0.3, -0.25) is 0 Å². The Morgan fingerprint density at radius 3 is 2.21 bits per heavy atom. The SMILES string of the molecule is CN(C)N1CCCC2(CCCCC2)C1. The van der Waals surface area contributed by atoms with E-state index in [2.05, 4.69) is 24.1 Å². The van der Waals surface area contributed by atoms with Crippen LogP contribution in [0.2, 0.25) is 0 Å². The van der Waals surface area contributed by atoms with Crippen molar-refractivity contribution in [2.24, 2.45) is 5.41 Å². The molecule has 82 valence electrons. The van der Waals surface area contributed by atoms with E-state index in [4.69, 9.17) is 0 Å². The predicted molar refractivity (Wildman–Crippen MR) is 60.0 cm³/mol. The van der Waals surface area contributed by atoms with Crippen molar-refractivity contribution in [3.05, 3.63) is 0 Å². The summed E-state index contributed by atoms with van der Waals surface area (Å²) in [6.45, 7) is 2.59. The predicted octanol–water partition coefficient (Wildman–Crippen LogP) is 2.51. The van der Waals surface area contributed by atoms with Gasteiger partial charge in [-0.05, 0) is 31.1 Å². The van der Waals surface area contributed by atoms with Crippen LogP contribution in [-0.4, -0.2) is 37.2 Å². The summed E-state index contributed by atoms with van der Waals surface area (Å²) in [5.74, 6) is 0. The molecule has 0 aromatic heterocycles. The Balaban J connectivity index is 1.97. The second-order valence-electron chi connectivity index (χ2n) is 5.40. The van der Waals surface area contributed by atoms with E-state index >= 15 is 0 Å². The molecule has 0 radical (unpaired) electrons. The molecular formula is C12H24N2. The van der Waals surface area contributed by atoms with Crippen LogP contribution in [0.1, 0.15) is 44.9 Å². The summed E-state index contributed by atoms with van der Waals surface area (Å²) in [5.41, 5.74) is 0.695. The minimum atomic E-state index is 0.695. The molecule has 1 aliphatic carbocycles. The number of nitrogens with zero attached hydrogens (tertiary/aromatic N) is 2. The van der Waals surface area contributed by atoms with Gasteiger partial charge in [0.1, 0.15) is 0 Å². The minimum absolute atomic E-state index is 0.695. The van der Waals surface area contributed by atoms with Gasteiger partial charge in [0.25, 0.3) is 0 Å². The molecule has 1 aliphatic heterocycles. The molecule has 0 aromatic rings. The number of piperidine rings is 1. The fourth-order valence-electron chi connectivity index (χ4n) is 3.23. The summed E-state index contributed by atoms with van der Waals surface area (Å²) in [6, 6.07) is 0. The summed E-state index contributed by atoms with van der Waals surface area (Å²) >= 11 is 0. The monoisotopic (exact) mass is 196 g/mol. The maximum Gasteiger partial charge on any atom is 0.0189 e. The molecule has 14 heavy (non-hydrogen) atoms. The topological polar surface area (TPSA) is 6.48 Å². The van der Waals surface area contributed by atoms with E-state index in [0.717, 1.165) is 0 Å². The Bertz CT molecular complexity index is 177. The maximum atomic E-state index is 2.54. The van der Waals surface area contributed by atoms with Crippen LogP contribution in [0.5, 0.6) is 0 Å². The first kappa shape index (κ1) is 10.4. The molecule has 1 heterocycles. The standard InChI is InChI=1S/C12H24N2/c1-13(2)14-10-6-9-12(11-14)7-4-3-5-8-12/h3-11H2,1-2H3. The van der Waals surface area contributed by atoms with Gasteiger partial charge in [-0.2, -0.15) is 0 Å². The minimum Gasteiger partial charge on any atom is -0.248 e. The molecular weight excluding hydrogens is 172 g/mol. The van der Waals surface area contributed by atoms with Gasteiger partial charge in [-0.25, -0.2) is 10.0 Å². The number of rotatable bonds is 1. The molecule has 1 saturated carbocycles. The Labute approximate surface area is 88.2 Å². The van der Waals surface area contributed by atoms with E-state index in [-0.39, 0.29) is 0 Å². The van der Waals surface area contributed by atoms with Crippen LogP contribution in [0.3, 0.4) is 0 Å². The second kappa shape index (κ2) is 4.19. The first-order chi connectivity index (χ1) is 6.72. The zero-order chi connectivity index (χ0) is 10.0. The normalized spacial score (nSPS) is 28.5.